The number of hydrogen-bond donors (Lipinski definition) is 0. The summed E-state index contributed by atoms with van der Waals surface area (Å²) >= 11 is 0. The lowest BCUT2D eigenvalue weighted by atomic mass is 9.99. The lowest BCUT2D eigenvalue weighted by Crippen LogP contribution is -2.36. The molecule has 0 saturated carbocycles. The molecule has 2 aromatic carbocycles. The standard InChI is InChI=1S/C28H28N4O4/c1-17(2)32-27-21(16-29-32)20(15-22(30-27)19-9-10-23-25(14-19)36-13-12-35-23)28(33)31-11-5-7-18-6-4-8-24(34-3)26(18)31/h4,6,8-10,14-17H,5,7,11-13H2,1-3H3. The summed E-state index contributed by atoms with van der Waals surface area (Å²) < 4.78 is 19.0. The maximum absolute atomic E-state index is 14.2. The number of aromatic nitrogens is 3. The summed E-state index contributed by atoms with van der Waals surface area (Å²) in [4.78, 5) is 21.0. The number of carbonyl (C=O) groups is 1. The summed E-state index contributed by atoms with van der Waals surface area (Å²) in [6.45, 7) is 5.76. The zero-order valence-electron chi connectivity index (χ0n) is 20.7. The average molecular weight is 485 g/mol. The number of ether oxygens (including phenoxy) is 3. The first-order chi connectivity index (χ1) is 17.5. The van der Waals surface area contributed by atoms with Gasteiger partial charge in [0.1, 0.15) is 19.0 Å². The number of rotatable bonds is 4. The second-order valence-electron chi connectivity index (χ2n) is 9.36. The van der Waals surface area contributed by atoms with Crippen molar-refractivity contribution in [3.05, 3.63) is 59.8 Å². The van der Waals surface area contributed by atoms with Gasteiger partial charge in [-0.15, -0.1) is 0 Å². The summed E-state index contributed by atoms with van der Waals surface area (Å²) in [6, 6.07) is 13.7. The number of nitrogens with zero attached hydrogens (tertiary/aromatic N) is 4. The Bertz CT molecular complexity index is 1460. The van der Waals surface area contributed by atoms with Gasteiger partial charge in [-0.25, -0.2) is 9.67 Å². The van der Waals surface area contributed by atoms with Crippen LogP contribution in [0, 0.1) is 0 Å². The highest BCUT2D eigenvalue weighted by molar-refractivity contribution is 6.14. The zero-order valence-corrected chi connectivity index (χ0v) is 20.7. The molecule has 0 N–H and O–H groups in total. The van der Waals surface area contributed by atoms with Crippen LogP contribution in [-0.2, 0) is 6.42 Å². The highest BCUT2D eigenvalue weighted by atomic mass is 16.6. The topological polar surface area (TPSA) is 78.7 Å². The van der Waals surface area contributed by atoms with Gasteiger partial charge < -0.3 is 19.1 Å². The van der Waals surface area contributed by atoms with Gasteiger partial charge in [0, 0.05) is 18.2 Å². The number of hydrogen-bond acceptors (Lipinski definition) is 6. The normalized spacial score (nSPS) is 14.7. The molecule has 0 spiro atoms. The third-order valence-electron chi connectivity index (χ3n) is 6.77. The minimum absolute atomic E-state index is 0.0873. The van der Waals surface area contributed by atoms with Gasteiger partial charge in [0.2, 0.25) is 0 Å². The predicted octanol–water partition coefficient (Wildman–Crippen LogP) is 5.05. The molecule has 2 aliphatic rings. The molecule has 36 heavy (non-hydrogen) atoms. The summed E-state index contributed by atoms with van der Waals surface area (Å²) in [7, 11) is 1.64. The molecule has 8 heteroatoms. The lowest BCUT2D eigenvalue weighted by Gasteiger charge is -2.31. The molecule has 0 saturated heterocycles. The molecule has 8 nitrogen and oxygen atoms in total. The van der Waals surface area contributed by atoms with Crippen LogP contribution in [0.5, 0.6) is 17.2 Å². The second-order valence-corrected chi connectivity index (χ2v) is 9.36. The molecule has 0 radical (unpaired) electrons. The van der Waals surface area contributed by atoms with E-state index in [9.17, 15) is 4.79 Å². The number of anilines is 1. The van der Waals surface area contributed by atoms with E-state index in [1.807, 2.05) is 46.0 Å². The first kappa shape index (κ1) is 22.4. The van der Waals surface area contributed by atoms with E-state index >= 15 is 0 Å². The highest BCUT2D eigenvalue weighted by Crippen LogP contribution is 2.39. The first-order valence-corrected chi connectivity index (χ1v) is 12.3. The number of para-hydroxylation sites is 1. The van der Waals surface area contributed by atoms with Crippen LogP contribution in [-0.4, -0.2) is 47.5 Å². The molecule has 1 amide bonds. The second kappa shape index (κ2) is 8.86. The first-order valence-electron chi connectivity index (χ1n) is 12.3. The van der Waals surface area contributed by atoms with Gasteiger partial charge in [-0.1, -0.05) is 12.1 Å². The molecule has 0 bridgehead atoms. The summed E-state index contributed by atoms with van der Waals surface area (Å²) in [6.07, 6.45) is 3.55. The molecule has 6 rings (SSSR count). The van der Waals surface area contributed by atoms with Crippen molar-refractivity contribution in [1.82, 2.24) is 14.8 Å². The zero-order chi connectivity index (χ0) is 24.8. The number of pyridine rings is 1. The predicted molar refractivity (Wildman–Crippen MR) is 137 cm³/mol. The van der Waals surface area contributed by atoms with Crippen molar-refractivity contribution in [2.24, 2.45) is 0 Å². The number of methoxy groups -OCH3 is 1. The van der Waals surface area contributed by atoms with Crippen molar-refractivity contribution in [2.45, 2.75) is 32.7 Å². The van der Waals surface area contributed by atoms with Crippen LogP contribution in [0.2, 0.25) is 0 Å². The van der Waals surface area contributed by atoms with Crippen molar-refractivity contribution < 1.29 is 19.0 Å². The Morgan fingerprint density at radius 1 is 1.08 bits per heavy atom. The third-order valence-corrected chi connectivity index (χ3v) is 6.77. The van der Waals surface area contributed by atoms with Crippen LogP contribution in [0.1, 0.15) is 42.2 Å². The molecule has 0 aliphatic carbocycles. The Labute approximate surface area is 209 Å². The van der Waals surface area contributed by atoms with Gasteiger partial charge in [-0.05, 0) is 62.6 Å². The van der Waals surface area contributed by atoms with Gasteiger partial charge in [-0.2, -0.15) is 5.10 Å². The van der Waals surface area contributed by atoms with Crippen LogP contribution in [0.3, 0.4) is 0 Å². The number of fused-ring (bicyclic) bond motifs is 3. The molecule has 2 aromatic heterocycles. The van der Waals surface area contributed by atoms with E-state index in [4.69, 9.17) is 19.2 Å². The maximum atomic E-state index is 14.2. The van der Waals surface area contributed by atoms with Crippen LogP contribution in [0.15, 0.2) is 48.7 Å². The van der Waals surface area contributed by atoms with Gasteiger partial charge in [0.05, 0.1) is 35.6 Å². The molecular weight excluding hydrogens is 456 g/mol. The Balaban J connectivity index is 1.52. The van der Waals surface area contributed by atoms with Gasteiger partial charge >= 0.3 is 0 Å². The van der Waals surface area contributed by atoms with E-state index in [-0.39, 0.29) is 11.9 Å². The molecule has 184 valence electrons. The average Bonchev–Trinajstić information content (AvgIpc) is 3.35. The molecular formula is C28H28N4O4. The summed E-state index contributed by atoms with van der Waals surface area (Å²) in [5, 5.41) is 5.31. The smallest absolute Gasteiger partial charge is 0.259 e. The quantitative estimate of drug-likeness (QED) is 0.403. The van der Waals surface area contributed by atoms with Gasteiger partial charge in [0.25, 0.3) is 5.91 Å². The fourth-order valence-corrected chi connectivity index (χ4v) is 5.05. The molecule has 4 aromatic rings. The van der Waals surface area contributed by atoms with E-state index in [2.05, 4.69) is 25.0 Å². The van der Waals surface area contributed by atoms with Gasteiger partial charge in [0.15, 0.2) is 17.1 Å². The summed E-state index contributed by atoms with van der Waals surface area (Å²) in [5.74, 6) is 2.01. The summed E-state index contributed by atoms with van der Waals surface area (Å²) in [5.41, 5.74) is 4.74. The van der Waals surface area contributed by atoms with Crippen LogP contribution in [0.25, 0.3) is 22.3 Å². The minimum atomic E-state index is -0.0880. The van der Waals surface area contributed by atoms with Crippen LogP contribution in [0.4, 0.5) is 5.69 Å². The van der Waals surface area contributed by atoms with E-state index in [1.165, 1.54) is 0 Å². The Kier molecular flexibility index (Phi) is 5.51. The number of amides is 1. The molecule has 0 unspecified atom stereocenters. The Morgan fingerprint density at radius 2 is 1.92 bits per heavy atom. The van der Waals surface area contributed by atoms with Crippen LogP contribution >= 0.6 is 0 Å². The van der Waals surface area contributed by atoms with Crippen molar-refractivity contribution in [1.29, 1.82) is 0 Å². The SMILES string of the molecule is COc1cccc2c1N(C(=O)c1cc(-c3ccc4c(c3)OCCO4)nc3c1cnn3C(C)C)CCC2. The van der Waals surface area contributed by atoms with E-state index in [0.717, 1.165) is 35.0 Å². The molecule has 2 aliphatic heterocycles. The molecule has 0 fully saturated rings. The largest absolute Gasteiger partial charge is 0.495 e. The lowest BCUT2D eigenvalue weighted by molar-refractivity contribution is 0.0986. The minimum Gasteiger partial charge on any atom is -0.495 e. The Hall–Kier alpha value is -4.07. The molecule has 0 atom stereocenters. The van der Waals surface area contributed by atoms with Crippen LogP contribution < -0.4 is 19.1 Å². The Morgan fingerprint density at radius 3 is 2.72 bits per heavy atom. The van der Waals surface area contributed by atoms with Crippen molar-refractivity contribution in [2.75, 3.05) is 31.8 Å². The monoisotopic (exact) mass is 484 g/mol. The van der Waals surface area contributed by atoms with Crippen molar-refractivity contribution >= 4 is 22.6 Å². The fraction of sp³-hybridized carbons (Fsp3) is 0.321. The van der Waals surface area contributed by atoms with E-state index in [0.29, 0.717) is 53.9 Å². The number of aryl methyl sites for hydroxylation is 1. The fourth-order valence-electron chi connectivity index (χ4n) is 5.05. The van der Waals surface area contributed by atoms with E-state index in [1.54, 1.807) is 13.3 Å². The highest BCUT2D eigenvalue weighted by Gasteiger charge is 2.29. The third kappa shape index (κ3) is 3.64. The maximum Gasteiger partial charge on any atom is 0.259 e. The van der Waals surface area contributed by atoms with E-state index < -0.39 is 0 Å². The van der Waals surface area contributed by atoms with Crippen molar-refractivity contribution in [3.63, 3.8) is 0 Å². The van der Waals surface area contributed by atoms with Gasteiger partial charge in [-0.3, -0.25) is 4.79 Å². The molecule has 4 heterocycles. The number of benzene rings is 2. The van der Waals surface area contributed by atoms with Crippen molar-refractivity contribution in [3.8, 4) is 28.5 Å². The number of carbonyl (C=O) groups excluding carboxylic acids is 1.